The van der Waals surface area contributed by atoms with E-state index in [4.69, 9.17) is 0 Å². The summed E-state index contributed by atoms with van der Waals surface area (Å²) >= 11 is 0. The number of piperidine rings is 1. The quantitative estimate of drug-likeness (QED) is 0.869. The number of pyridine rings is 1. The van der Waals surface area contributed by atoms with Gasteiger partial charge in [0.25, 0.3) is 0 Å². The molecule has 2 fully saturated rings. The summed E-state index contributed by atoms with van der Waals surface area (Å²) in [5.74, 6) is 0.245. The van der Waals surface area contributed by atoms with Crippen LogP contribution >= 0.6 is 0 Å². The molecule has 1 aromatic heterocycles. The van der Waals surface area contributed by atoms with Crippen molar-refractivity contribution in [3.8, 4) is 0 Å². The normalized spacial score (nSPS) is 24.2. The van der Waals surface area contributed by atoms with Crippen molar-refractivity contribution in [1.82, 2.24) is 9.88 Å². The molecule has 2 aliphatic heterocycles. The summed E-state index contributed by atoms with van der Waals surface area (Å²) in [6, 6.07) is 15.3. The molecule has 0 unspecified atom stereocenters. The Kier molecular flexibility index (Phi) is 4.30. The minimum absolute atomic E-state index is 0.245. The average molecular weight is 321 g/mol. The molecule has 2 aliphatic rings. The average Bonchev–Trinajstić information content (AvgIpc) is 3.04. The van der Waals surface area contributed by atoms with Gasteiger partial charge in [-0.25, -0.2) is 0 Å². The summed E-state index contributed by atoms with van der Waals surface area (Å²) < 4.78 is 0. The number of likely N-dealkylation sites (tertiary alicyclic amines) is 1. The number of hydrogen-bond acceptors (Lipinski definition) is 3. The third kappa shape index (κ3) is 2.94. The fraction of sp³-hybridized carbons (Fsp3) is 0.400. The zero-order chi connectivity index (χ0) is 16.4. The highest BCUT2D eigenvalue weighted by Crippen LogP contribution is 2.34. The molecule has 0 bridgehead atoms. The van der Waals surface area contributed by atoms with Crippen molar-refractivity contribution < 1.29 is 4.79 Å². The van der Waals surface area contributed by atoms with Crippen LogP contribution < -0.4 is 4.90 Å². The van der Waals surface area contributed by atoms with E-state index in [9.17, 15) is 4.79 Å². The van der Waals surface area contributed by atoms with Gasteiger partial charge in [0.15, 0.2) is 0 Å². The molecule has 1 aromatic carbocycles. The molecule has 2 saturated heterocycles. The molecule has 0 N–H and O–H groups in total. The Morgan fingerprint density at radius 2 is 1.92 bits per heavy atom. The lowest BCUT2D eigenvalue weighted by Crippen LogP contribution is -2.52. The van der Waals surface area contributed by atoms with E-state index < -0.39 is 0 Å². The molecule has 4 rings (SSSR count). The lowest BCUT2D eigenvalue weighted by atomic mass is 9.95. The predicted molar refractivity (Wildman–Crippen MR) is 94.9 cm³/mol. The number of benzene rings is 1. The molecule has 24 heavy (non-hydrogen) atoms. The Hall–Kier alpha value is -2.20. The maximum atomic E-state index is 12.5. The summed E-state index contributed by atoms with van der Waals surface area (Å²) in [6.45, 7) is 2.15. The monoisotopic (exact) mass is 321 g/mol. The van der Waals surface area contributed by atoms with Gasteiger partial charge in [-0.1, -0.05) is 30.3 Å². The van der Waals surface area contributed by atoms with Crippen LogP contribution in [0.2, 0.25) is 0 Å². The largest absolute Gasteiger partial charge is 0.306 e. The highest BCUT2D eigenvalue weighted by Gasteiger charge is 2.43. The molecule has 0 spiro atoms. The number of carbonyl (C=O) groups is 1. The van der Waals surface area contributed by atoms with Crippen LogP contribution in [-0.2, 0) is 11.2 Å². The van der Waals surface area contributed by atoms with E-state index >= 15 is 0 Å². The lowest BCUT2D eigenvalue weighted by molar-refractivity contribution is -0.120. The predicted octanol–water partition coefficient (Wildman–Crippen LogP) is 2.89. The molecule has 1 amide bonds. The molecule has 0 saturated carbocycles. The van der Waals surface area contributed by atoms with Crippen molar-refractivity contribution in [2.75, 3.05) is 18.0 Å². The first-order valence-electron chi connectivity index (χ1n) is 8.83. The first kappa shape index (κ1) is 15.3. The molecule has 3 heterocycles. The van der Waals surface area contributed by atoms with Gasteiger partial charge in [-0.15, -0.1) is 0 Å². The van der Waals surface area contributed by atoms with Crippen molar-refractivity contribution in [1.29, 1.82) is 0 Å². The van der Waals surface area contributed by atoms with Crippen molar-refractivity contribution in [3.05, 3.63) is 60.4 Å². The van der Waals surface area contributed by atoms with Crippen molar-refractivity contribution in [2.45, 2.75) is 37.8 Å². The summed E-state index contributed by atoms with van der Waals surface area (Å²) in [5, 5.41) is 0. The van der Waals surface area contributed by atoms with Gasteiger partial charge in [-0.05, 0) is 37.0 Å². The summed E-state index contributed by atoms with van der Waals surface area (Å²) in [4.78, 5) is 21.3. The van der Waals surface area contributed by atoms with E-state index in [1.165, 1.54) is 5.56 Å². The van der Waals surface area contributed by atoms with E-state index in [1.54, 1.807) is 6.20 Å². The van der Waals surface area contributed by atoms with Crippen molar-refractivity contribution >= 4 is 11.6 Å². The van der Waals surface area contributed by atoms with Crippen molar-refractivity contribution in [2.24, 2.45) is 0 Å². The van der Waals surface area contributed by atoms with Gasteiger partial charge in [-0.2, -0.15) is 0 Å². The van der Waals surface area contributed by atoms with Crippen LogP contribution in [0.15, 0.2) is 54.9 Å². The fourth-order valence-corrected chi connectivity index (χ4v) is 4.18. The van der Waals surface area contributed by atoms with E-state index in [2.05, 4.69) is 40.2 Å². The molecule has 2 aromatic rings. The number of carbonyl (C=O) groups excluding carboxylic acids is 1. The Balaban J connectivity index is 1.47. The molecule has 2 atom stereocenters. The van der Waals surface area contributed by atoms with Crippen LogP contribution in [0, 0.1) is 0 Å². The Morgan fingerprint density at radius 3 is 2.71 bits per heavy atom. The van der Waals surface area contributed by atoms with E-state index in [1.807, 2.05) is 23.2 Å². The zero-order valence-electron chi connectivity index (χ0n) is 13.8. The molecular formula is C20H23N3O. The highest BCUT2D eigenvalue weighted by molar-refractivity contribution is 5.95. The second kappa shape index (κ2) is 6.73. The molecule has 4 heteroatoms. The van der Waals surface area contributed by atoms with Gasteiger partial charge in [0, 0.05) is 31.7 Å². The van der Waals surface area contributed by atoms with Gasteiger partial charge in [0.05, 0.1) is 17.9 Å². The van der Waals surface area contributed by atoms with Gasteiger partial charge in [-0.3, -0.25) is 14.7 Å². The number of aromatic nitrogens is 1. The Bertz CT molecular complexity index is 689. The highest BCUT2D eigenvalue weighted by atomic mass is 16.2. The van der Waals surface area contributed by atoms with Crippen LogP contribution in [0.25, 0.3) is 0 Å². The first-order chi connectivity index (χ1) is 11.8. The van der Waals surface area contributed by atoms with Gasteiger partial charge in [0.2, 0.25) is 5.91 Å². The minimum atomic E-state index is 0.245. The molecule has 0 radical (unpaired) electrons. The van der Waals surface area contributed by atoms with Gasteiger partial charge >= 0.3 is 0 Å². The summed E-state index contributed by atoms with van der Waals surface area (Å²) in [5.41, 5.74) is 2.33. The van der Waals surface area contributed by atoms with E-state index in [-0.39, 0.29) is 5.91 Å². The second-order valence-electron chi connectivity index (χ2n) is 6.71. The van der Waals surface area contributed by atoms with Crippen molar-refractivity contribution in [3.63, 3.8) is 0 Å². The molecule has 0 aliphatic carbocycles. The van der Waals surface area contributed by atoms with Crippen LogP contribution in [0.3, 0.4) is 0 Å². The van der Waals surface area contributed by atoms with Gasteiger partial charge in [0.1, 0.15) is 0 Å². The zero-order valence-corrected chi connectivity index (χ0v) is 13.8. The molecule has 4 nitrogen and oxygen atoms in total. The topological polar surface area (TPSA) is 36.4 Å². The maximum Gasteiger partial charge on any atom is 0.227 e. The first-order valence-corrected chi connectivity index (χ1v) is 8.83. The summed E-state index contributed by atoms with van der Waals surface area (Å²) in [6.07, 6.45) is 7.32. The van der Waals surface area contributed by atoms with Crippen LogP contribution in [0.4, 0.5) is 5.69 Å². The minimum Gasteiger partial charge on any atom is -0.306 e. The van der Waals surface area contributed by atoms with Crippen LogP contribution in [-0.4, -0.2) is 41.0 Å². The SMILES string of the molecule is O=C1CC[C@H]2[C@H](CCN2CCc2ccccc2)N1c1cccnc1. The van der Waals surface area contributed by atoms with E-state index in [0.29, 0.717) is 18.5 Å². The third-order valence-electron chi connectivity index (χ3n) is 5.33. The second-order valence-corrected chi connectivity index (χ2v) is 6.71. The van der Waals surface area contributed by atoms with Crippen LogP contribution in [0.5, 0.6) is 0 Å². The number of nitrogens with zero attached hydrogens (tertiary/aromatic N) is 3. The van der Waals surface area contributed by atoms with Gasteiger partial charge < -0.3 is 4.90 Å². The van der Waals surface area contributed by atoms with E-state index in [0.717, 1.165) is 38.0 Å². The lowest BCUT2D eigenvalue weighted by Gasteiger charge is -2.39. The summed E-state index contributed by atoms with van der Waals surface area (Å²) in [7, 11) is 0. The molecular weight excluding hydrogens is 298 g/mol. The number of rotatable bonds is 4. The third-order valence-corrected chi connectivity index (χ3v) is 5.33. The number of fused-ring (bicyclic) bond motifs is 1. The number of hydrogen-bond donors (Lipinski definition) is 0. The Morgan fingerprint density at radius 1 is 1.04 bits per heavy atom. The maximum absolute atomic E-state index is 12.5. The number of anilines is 1. The number of amides is 1. The van der Waals surface area contributed by atoms with Crippen LogP contribution in [0.1, 0.15) is 24.8 Å². The fourth-order valence-electron chi connectivity index (χ4n) is 4.18. The standard InChI is InChI=1S/C20H23N3O/c24-20-9-8-18-19(23(20)17-7-4-12-21-15-17)11-14-22(18)13-10-16-5-2-1-3-6-16/h1-7,12,15,18-19H,8-11,13-14H2/t18-,19-/m0/s1. The molecule has 124 valence electrons. The Labute approximate surface area is 143 Å². The smallest absolute Gasteiger partial charge is 0.227 e.